The van der Waals surface area contributed by atoms with Crippen LogP contribution in [0.25, 0.3) is 0 Å². The Morgan fingerprint density at radius 3 is 2.05 bits per heavy atom. The third-order valence-corrected chi connectivity index (χ3v) is 11.5. The number of carbonyl (C=O) groups is 4. The Hall–Kier alpha value is -2.24. The molecule has 4 aliphatic carbocycles. The highest BCUT2D eigenvalue weighted by Crippen LogP contribution is 2.69. The maximum Gasteiger partial charge on any atom is 0.329 e. The van der Waals surface area contributed by atoms with Crippen molar-refractivity contribution in [3.8, 4) is 0 Å². The molecule has 4 rings (SSSR count). The molecule has 0 amide bonds. The fourth-order valence-electron chi connectivity index (χ4n) is 9.73. The van der Waals surface area contributed by atoms with Crippen LogP contribution in [-0.2, 0) is 33.4 Å². The van der Waals surface area contributed by atoms with E-state index in [4.69, 9.17) is 19.3 Å². The molecule has 0 heterocycles. The van der Waals surface area contributed by atoms with Gasteiger partial charge in [0.1, 0.15) is 19.8 Å². The molecule has 0 aromatic carbocycles. The predicted molar refractivity (Wildman–Crippen MR) is 144 cm³/mol. The van der Waals surface area contributed by atoms with Crippen LogP contribution in [0.5, 0.6) is 0 Å². The minimum Gasteiger partial charge on any atom is -0.481 e. The summed E-state index contributed by atoms with van der Waals surface area (Å²) in [6.07, 6.45) is 4.96. The lowest BCUT2D eigenvalue weighted by Gasteiger charge is -2.64. The molecular formula is C30H46O11. The van der Waals surface area contributed by atoms with Gasteiger partial charge in [0.2, 0.25) is 0 Å². The zero-order valence-corrected chi connectivity index (χ0v) is 24.3. The van der Waals surface area contributed by atoms with E-state index in [0.717, 1.165) is 25.7 Å². The first-order chi connectivity index (χ1) is 19.3. The standard InChI is InChI=1S/C30H46O11/c1-16(4-7-24(31)32)19-5-6-20-28-21(12-23(30(19,20)3)41-15-27(37)38)29(2)9-8-18(39-13-25(33)34)10-17(29)11-22(28)40-14-26(35)36/h16-23,28H,4-15H2,1-3H3,(H,31,32)(H,33,34)(H,35,36)(H,37,38)/t16-,17+,18-,19-,20+,21+,22-,23+,28+,29+,30-/m1/s1. The van der Waals surface area contributed by atoms with Crippen LogP contribution >= 0.6 is 0 Å². The van der Waals surface area contributed by atoms with Crippen molar-refractivity contribution in [3.05, 3.63) is 0 Å². The van der Waals surface area contributed by atoms with Gasteiger partial charge in [0, 0.05) is 11.8 Å². The van der Waals surface area contributed by atoms with Gasteiger partial charge in [0.15, 0.2) is 0 Å². The number of carboxylic acid groups (broad SMARTS) is 4. The van der Waals surface area contributed by atoms with Crippen LogP contribution in [0.15, 0.2) is 0 Å². The van der Waals surface area contributed by atoms with Crippen molar-refractivity contribution in [2.24, 2.45) is 46.3 Å². The first-order valence-corrected chi connectivity index (χ1v) is 15.0. The van der Waals surface area contributed by atoms with E-state index in [1.807, 2.05) is 0 Å². The maximum atomic E-state index is 11.6. The number of hydrogen-bond acceptors (Lipinski definition) is 7. The molecule has 11 atom stereocenters. The smallest absolute Gasteiger partial charge is 0.329 e. The molecule has 0 unspecified atom stereocenters. The molecule has 4 N–H and O–H groups in total. The summed E-state index contributed by atoms with van der Waals surface area (Å²) in [7, 11) is 0. The summed E-state index contributed by atoms with van der Waals surface area (Å²) in [5, 5.41) is 37.4. The summed E-state index contributed by atoms with van der Waals surface area (Å²) in [5.74, 6) is -3.29. The number of fused-ring (bicyclic) bond motifs is 5. The molecule has 0 aromatic heterocycles. The topological polar surface area (TPSA) is 177 Å². The van der Waals surface area contributed by atoms with Crippen LogP contribution in [0.1, 0.15) is 78.6 Å². The molecule has 11 heteroatoms. The first kappa shape index (κ1) is 31.7. The number of ether oxygens (including phenoxy) is 3. The summed E-state index contributed by atoms with van der Waals surface area (Å²) in [4.78, 5) is 45.7. The SMILES string of the molecule is C[C@H](CCC(=O)O)[C@H]1CC[C@H]2[C@@H]3[C@H](OCC(=O)O)C[C@@H]4C[C@H](OCC(=O)O)CC[C@]4(C)[C@H]3C[C@H](OCC(=O)O)[C@]12C. The molecule has 0 aliphatic heterocycles. The average Bonchev–Trinajstić information content (AvgIpc) is 3.25. The molecule has 41 heavy (non-hydrogen) atoms. The van der Waals surface area contributed by atoms with Crippen molar-refractivity contribution in [3.63, 3.8) is 0 Å². The van der Waals surface area contributed by atoms with E-state index in [1.54, 1.807) is 0 Å². The normalized spacial score (nSPS) is 40.6. The average molecular weight is 583 g/mol. The van der Waals surface area contributed by atoms with Crippen molar-refractivity contribution >= 4 is 23.9 Å². The molecular weight excluding hydrogens is 536 g/mol. The lowest BCUT2D eigenvalue weighted by atomic mass is 9.43. The molecule has 11 nitrogen and oxygen atoms in total. The second kappa shape index (κ2) is 12.6. The Bertz CT molecular complexity index is 999. The molecule has 0 spiro atoms. The Kier molecular flexibility index (Phi) is 9.70. The predicted octanol–water partition coefficient (Wildman–Crippen LogP) is 3.78. The van der Waals surface area contributed by atoms with E-state index in [-0.39, 0.29) is 72.3 Å². The van der Waals surface area contributed by atoms with Crippen LogP contribution in [0.4, 0.5) is 0 Å². The van der Waals surface area contributed by atoms with Gasteiger partial charge in [0.25, 0.3) is 0 Å². The first-order valence-electron chi connectivity index (χ1n) is 15.0. The van der Waals surface area contributed by atoms with E-state index in [1.165, 1.54) is 0 Å². The van der Waals surface area contributed by atoms with Gasteiger partial charge in [-0.05, 0) is 92.3 Å². The maximum absolute atomic E-state index is 11.6. The number of carboxylic acids is 4. The minimum atomic E-state index is -1.03. The zero-order valence-electron chi connectivity index (χ0n) is 24.3. The largest absolute Gasteiger partial charge is 0.481 e. The third-order valence-electron chi connectivity index (χ3n) is 11.5. The van der Waals surface area contributed by atoms with Crippen molar-refractivity contribution < 1.29 is 53.8 Å². The molecule has 0 radical (unpaired) electrons. The molecule has 0 saturated heterocycles. The van der Waals surface area contributed by atoms with Gasteiger partial charge in [-0.3, -0.25) is 4.79 Å². The third kappa shape index (κ3) is 6.41. The minimum absolute atomic E-state index is 0.0541. The molecule has 4 aliphatic rings. The molecule has 0 bridgehead atoms. The highest BCUT2D eigenvalue weighted by Gasteiger charge is 2.66. The van der Waals surface area contributed by atoms with E-state index >= 15 is 0 Å². The van der Waals surface area contributed by atoms with Crippen LogP contribution in [-0.4, -0.2) is 82.4 Å². The second-order valence-corrected chi connectivity index (χ2v) is 13.5. The van der Waals surface area contributed by atoms with E-state index in [2.05, 4.69) is 20.8 Å². The number of rotatable bonds is 13. The molecule has 0 aromatic rings. The molecule has 4 saturated carbocycles. The fraction of sp³-hybridized carbons (Fsp3) is 0.867. The van der Waals surface area contributed by atoms with E-state index < -0.39 is 42.5 Å². The Morgan fingerprint density at radius 1 is 0.780 bits per heavy atom. The van der Waals surface area contributed by atoms with Gasteiger partial charge in [-0.1, -0.05) is 20.8 Å². The highest BCUT2D eigenvalue weighted by molar-refractivity contribution is 5.68. The molecule has 4 fully saturated rings. The Labute approximate surface area is 240 Å². The molecule has 232 valence electrons. The zero-order chi connectivity index (χ0) is 30.1. The van der Waals surface area contributed by atoms with Gasteiger partial charge in [-0.25, -0.2) is 14.4 Å². The Morgan fingerprint density at radius 2 is 1.41 bits per heavy atom. The van der Waals surface area contributed by atoms with Crippen molar-refractivity contribution in [1.82, 2.24) is 0 Å². The highest BCUT2D eigenvalue weighted by atomic mass is 16.5. The lowest BCUT2D eigenvalue weighted by Crippen LogP contribution is -2.63. The summed E-state index contributed by atoms with van der Waals surface area (Å²) in [5.41, 5.74) is -0.555. The monoisotopic (exact) mass is 582 g/mol. The fourth-order valence-corrected chi connectivity index (χ4v) is 9.73. The van der Waals surface area contributed by atoms with Crippen LogP contribution in [0, 0.1) is 46.3 Å². The summed E-state index contributed by atoms with van der Waals surface area (Å²) >= 11 is 0. The number of hydrogen-bond donors (Lipinski definition) is 4. The van der Waals surface area contributed by atoms with Crippen LogP contribution in [0.3, 0.4) is 0 Å². The van der Waals surface area contributed by atoms with Gasteiger partial charge >= 0.3 is 23.9 Å². The van der Waals surface area contributed by atoms with E-state index in [0.29, 0.717) is 25.7 Å². The second-order valence-electron chi connectivity index (χ2n) is 13.5. The summed E-state index contributed by atoms with van der Waals surface area (Å²) in [6, 6.07) is 0. The van der Waals surface area contributed by atoms with Crippen LogP contribution in [0.2, 0.25) is 0 Å². The van der Waals surface area contributed by atoms with Gasteiger partial charge in [-0.2, -0.15) is 0 Å². The van der Waals surface area contributed by atoms with Gasteiger partial charge < -0.3 is 34.6 Å². The van der Waals surface area contributed by atoms with Crippen molar-refractivity contribution in [2.75, 3.05) is 19.8 Å². The van der Waals surface area contributed by atoms with E-state index in [9.17, 15) is 34.5 Å². The summed E-state index contributed by atoms with van der Waals surface area (Å²) in [6.45, 7) is 5.36. The summed E-state index contributed by atoms with van der Waals surface area (Å²) < 4.78 is 18.1. The van der Waals surface area contributed by atoms with Crippen LogP contribution < -0.4 is 0 Å². The lowest BCUT2D eigenvalue weighted by molar-refractivity contribution is -0.229. The van der Waals surface area contributed by atoms with Gasteiger partial charge in [-0.15, -0.1) is 0 Å². The van der Waals surface area contributed by atoms with Gasteiger partial charge in [0.05, 0.1) is 18.3 Å². The Balaban J connectivity index is 1.68. The van der Waals surface area contributed by atoms with Crippen molar-refractivity contribution in [2.45, 2.75) is 96.9 Å². The quantitative estimate of drug-likeness (QED) is 0.248. The van der Waals surface area contributed by atoms with Crippen molar-refractivity contribution in [1.29, 1.82) is 0 Å². The number of aliphatic carboxylic acids is 4.